The van der Waals surface area contributed by atoms with Crippen molar-refractivity contribution in [3.8, 4) is 0 Å². The Hall–Kier alpha value is -0.410. The summed E-state index contributed by atoms with van der Waals surface area (Å²) in [7, 11) is 4.40. The molecule has 0 fully saturated rings. The molecular formula is C33H68N2O. The first-order valence-corrected chi connectivity index (χ1v) is 16.3. The van der Waals surface area contributed by atoms with Crippen molar-refractivity contribution in [1.82, 2.24) is 9.80 Å². The molecule has 3 nitrogen and oxygen atoms in total. The molecule has 0 aliphatic carbocycles. The Labute approximate surface area is 228 Å². The fourth-order valence-electron chi connectivity index (χ4n) is 5.40. The third-order valence-electron chi connectivity index (χ3n) is 7.70. The second kappa shape index (κ2) is 27.6. The SMILES string of the molecule is CCCCCCCCCCCCCN(CCCCCCCCCCCC(C)=O)CCC(C)CN(C)C. The molecule has 1 atom stereocenters. The van der Waals surface area contributed by atoms with Crippen LogP contribution in [0.25, 0.3) is 0 Å². The van der Waals surface area contributed by atoms with E-state index >= 15 is 0 Å². The van der Waals surface area contributed by atoms with Crippen molar-refractivity contribution < 1.29 is 4.79 Å². The molecule has 0 spiro atoms. The minimum Gasteiger partial charge on any atom is -0.309 e. The molecule has 1 unspecified atom stereocenters. The molecule has 0 saturated heterocycles. The summed E-state index contributed by atoms with van der Waals surface area (Å²) in [5.74, 6) is 1.13. The third-order valence-corrected chi connectivity index (χ3v) is 7.70. The first kappa shape index (κ1) is 35.6. The van der Waals surface area contributed by atoms with E-state index in [1.54, 1.807) is 6.92 Å². The van der Waals surface area contributed by atoms with Crippen molar-refractivity contribution in [3.05, 3.63) is 0 Å². The van der Waals surface area contributed by atoms with Crippen LogP contribution in [0.5, 0.6) is 0 Å². The molecule has 216 valence electrons. The molecule has 0 aromatic heterocycles. The van der Waals surface area contributed by atoms with Gasteiger partial charge in [-0.1, -0.05) is 123 Å². The van der Waals surface area contributed by atoms with Crippen LogP contribution >= 0.6 is 0 Å². The maximum atomic E-state index is 11.0. The standard InChI is InChI=1S/C33H68N2O/c1-6-7-8-9-10-11-12-15-18-21-24-28-35(30-27-32(2)31-34(4)5)29-25-22-19-16-13-14-17-20-23-26-33(3)36/h32H,6-31H2,1-5H3. The van der Waals surface area contributed by atoms with E-state index in [9.17, 15) is 4.79 Å². The summed E-state index contributed by atoms with van der Waals surface area (Å²) in [6, 6.07) is 0. The zero-order valence-electron chi connectivity index (χ0n) is 25.8. The van der Waals surface area contributed by atoms with Crippen molar-refractivity contribution in [2.45, 2.75) is 162 Å². The second-order valence-electron chi connectivity index (χ2n) is 12.2. The number of nitrogens with zero attached hydrogens (tertiary/aromatic N) is 2. The van der Waals surface area contributed by atoms with Gasteiger partial charge in [-0.2, -0.15) is 0 Å². The summed E-state index contributed by atoms with van der Waals surface area (Å²) in [4.78, 5) is 16.1. The van der Waals surface area contributed by atoms with Gasteiger partial charge in [0.1, 0.15) is 5.78 Å². The molecule has 36 heavy (non-hydrogen) atoms. The monoisotopic (exact) mass is 509 g/mol. The van der Waals surface area contributed by atoms with Gasteiger partial charge >= 0.3 is 0 Å². The Morgan fingerprint density at radius 1 is 0.583 bits per heavy atom. The highest BCUT2D eigenvalue weighted by Gasteiger charge is 2.09. The van der Waals surface area contributed by atoms with E-state index in [4.69, 9.17) is 0 Å². The zero-order valence-corrected chi connectivity index (χ0v) is 25.8. The minimum absolute atomic E-state index is 0.347. The Kier molecular flexibility index (Phi) is 27.3. The molecule has 0 rings (SSSR count). The topological polar surface area (TPSA) is 23.6 Å². The summed E-state index contributed by atoms with van der Waals surface area (Å²) in [5.41, 5.74) is 0. The van der Waals surface area contributed by atoms with Gasteiger partial charge in [0, 0.05) is 13.0 Å². The van der Waals surface area contributed by atoms with Gasteiger partial charge in [0.15, 0.2) is 0 Å². The Balaban J connectivity index is 3.89. The van der Waals surface area contributed by atoms with E-state index in [2.05, 4.69) is 37.7 Å². The number of carbonyl (C=O) groups is 1. The van der Waals surface area contributed by atoms with Crippen molar-refractivity contribution in [1.29, 1.82) is 0 Å². The van der Waals surface area contributed by atoms with Gasteiger partial charge in [-0.3, -0.25) is 0 Å². The normalized spacial score (nSPS) is 12.6. The van der Waals surface area contributed by atoms with Crippen molar-refractivity contribution in [2.24, 2.45) is 5.92 Å². The second-order valence-corrected chi connectivity index (χ2v) is 12.2. The minimum atomic E-state index is 0.347. The molecule has 0 aromatic rings. The smallest absolute Gasteiger partial charge is 0.129 e. The lowest BCUT2D eigenvalue weighted by Gasteiger charge is -2.25. The van der Waals surface area contributed by atoms with E-state index in [-0.39, 0.29) is 0 Å². The maximum absolute atomic E-state index is 11.0. The van der Waals surface area contributed by atoms with Gasteiger partial charge in [0.05, 0.1) is 0 Å². The van der Waals surface area contributed by atoms with Crippen LogP contribution in [0.4, 0.5) is 0 Å². The van der Waals surface area contributed by atoms with Gasteiger partial charge in [0.2, 0.25) is 0 Å². The lowest BCUT2D eigenvalue weighted by molar-refractivity contribution is -0.117. The molecule has 3 heteroatoms. The van der Waals surface area contributed by atoms with Crippen LogP contribution in [-0.2, 0) is 4.79 Å². The largest absolute Gasteiger partial charge is 0.309 e. The highest BCUT2D eigenvalue weighted by Crippen LogP contribution is 2.14. The fourth-order valence-corrected chi connectivity index (χ4v) is 5.40. The van der Waals surface area contributed by atoms with Gasteiger partial charge < -0.3 is 14.6 Å². The number of ketones is 1. The van der Waals surface area contributed by atoms with E-state index in [0.717, 1.165) is 18.8 Å². The molecular weight excluding hydrogens is 440 g/mol. The van der Waals surface area contributed by atoms with Gasteiger partial charge in [-0.05, 0) is 72.3 Å². The van der Waals surface area contributed by atoms with Crippen molar-refractivity contribution in [2.75, 3.05) is 40.3 Å². The molecule has 0 N–H and O–H groups in total. The first-order chi connectivity index (χ1) is 17.5. The van der Waals surface area contributed by atoms with E-state index in [1.165, 1.54) is 155 Å². The average molecular weight is 509 g/mol. The lowest BCUT2D eigenvalue weighted by Crippen LogP contribution is -2.30. The van der Waals surface area contributed by atoms with Crippen LogP contribution in [0.2, 0.25) is 0 Å². The number of hydrogen-bond acceptors (Lipinski definition) is 3. The number of Topliss-reactive ketones (excluding diaryl/α,β-unsaturated/α-hetero) is 1. The molecule has 0 saturated carbocycles. The van der Waals surface area contributed by atoms with Crippen LogP contribution in [0.15, 0.2) is 0 Å². The number of hydrogen-bond donors (Lipinski definition) is 0. The zero-order chi connectivity index (χ0) is 26.7. The summed E-state index contributed by atoms with van der Waals surface area (Å²) in [5, 5.41) is 0. The van der Waals surface area contributed by atoms with Gasteiger partial charge in [-0.25, -0.2) is 0 Å². The van der Waals surface area contributed by atoms with Gasteiger partial charge in [-0.15, -0.1) is 0 Å². The fraction of sp³-hybridized carbons (Fsp3) is 0.970. The predicted octanol–water partition coefficient (Wildman–Crippen LogP) is 9.68. The van der Waals surface area contributed by atoms with E-state index in [1.807, 2.05) is 0 Å². The van der Waals surface area contributed by atoms with Crippen LogP contribution in [0.1, 0.15) is 162 Å². The highest BCUT2D eigenvalue weighted by molar-refractivity contribution is 5.75. The predicted molar refractivity (Wildman–Crippen MR) is 162 cm³/mol. The first-order valence-electron chi connectivity index (χ1n) is 16.3. The molecule has 0 radical (unpaired) electrons. The van der Waals surface area contributed by atoms with Crippen molar-refractivity contribution in [3.63, 3.8) is 0 Å². The highest BCUT2D eigenvalue weighted by atomic mass is 16.1. The van der Waals surface area contributed by atoms with Crippen LogP contribution < -0.4 is 0 Å². The molecule has 0 aliphatic rings. The molecule has 0 amide bonds. The van der Waals surface area contributed by atoms with E-state index in [0.29, 0.717) is 5.78 Å². The Morgan fingerprint density at radius 2 is 0.972 bits per heavy atom. The van der Waals surface area contributed by atoms with E-state index < -0.39 is 0 Å². The summed E-state index contributed by atoms with van der Waals surface area (Å²) >= 11 is 0. The summed E-state index contributed by atoms with van der Waals surface area (Å²) in [6.45, 7) is 11.5. The molecule has 0 heterocycles. The van der Waals surface area contributed by atoms with Crippen LogP contribution in [0.3, 0.4) is 0 Å². The Bertz CT molecular complexity index is 451. The third kappa shape index (κ3) is 28.2. The molecule has 0 bridgehead atoms. The number of carbonyl (C=O) groups excluding carboxylic acids is 1. The van der Waals surface area contributed by atoms with Gasteiger partial charge in [0.25, 0.3) is 0 Å². The maximum Gasteiger partial charge on any atom is 0.129 e. The summed E-state index contributed by atoms with van der Waals surface area (Å²) < 4.78 is 0. The Morgan fingerprint density at radius 3 is 1.36 bits per heavy atom. The summed E-state index contributed by atoms with van der Waals surface area (Å²) in [6.07, 6.45) is 29.8. The van der Waals surface area contributed by atoms with Crippen LogP contribution in [-0.4, -0.2) is 55.9 Å². The number of unbranched alkanes of at least 4 members (excludes halogenated alkanes) is 18. The van der Waals surface area contributed by atoms with Crippen molar-refractivity contribution >= 4 is 5.78 Å². The molecule has 0 aromatic carbocycles. The van der Waals surface area contributed by atoms with Crippen LogP contribution in [0, 0.1) is 5.92 Å². The average Bonchev–Trinajstić information content (AvgIpc) is 2.83. The quantitative estimate of drug-likeness (QED) is 0.0939. The lowest BCUT2D eigenvalue weighted by atomic mass is 10.0. The number of rotatable bonds is 29. The molecule has 0 aliphatic heterocycles.